The van der Waals surface area contributed by atoms with E-state index in [0.717, 1.165) is 6.20 Å². The Hall–Kier alpha value is -1.74. The van der Waals surface area contributed by atoms with Crippen molar-refractivity contribution in [2.75, 3.05) is 0 Å². The fourth-order valence-corrected chi connectivity index (χ4v) is 1.02. The van der Waals surface area contributed by atoms with E-state index in [-0.39, 0.29) is 5.56 Å². The highest BCUT2D eigenvalue weighted by Crippen LogP contribution is 2.18. The van der Waals surface area contributed by atoms with Crippen molar-refractivity contribution in [1.82, 2.24) is 4.98 Å². The maximum atomic E-state index is 12.3. The molecule has 0 unspecified atom stereocenters. The van der Waals surface area contributed by atoms with Gasteiger partial charge in [-0.1, -0.05) is 0 Å². The minimum Gasteiger partial charge on any atom is -0.391 e. The van der Waals surface area contributed by atoms with Crippen molar-refractivity contribution in [2.24, 2.45) is 0 Å². The number of rotatable bonds is 2. The van der Waals surface area contributed by atoms with Gasteiger partial charge in [0.1, 0.15) is 11.6 Å². The van der Waals surface area contributed by atoms with Crippen LogP contribution in [0.25, 0.3) is 0 Å². The number of aromatic nitrogens is 1. The third-order valence-corrected chi connectivity index (χ3v) is 1.71. The molecule has 1 aromatic heterocycles. The minimum absolute atomic E-state index is 0.293. The number of nitrogens with zero attached hydrogens (tertiary/aromatic N) is 1. The molecular formula is C8H6F2N2O2. The first-order valence-electron chi connectivity index (χ1n) is 3.65. The summed E-state index contributed by atoms with van der Waals surface area (Å²) in [4.78, 5) is 13.3. The maximum absolute atomic E-state index is 12.3. The maximum Gasteiger partial charge on any atom is 0.278 e. The molecule has 0 amide bonds. The number of pyridine rings is 1. The molecule has 0 spiro atoms. The van der Waals surface area contributed by atoms with Crippen LogP contribution in [-0.4, -0.2) is 10.1 Å². The second-order valence-electron chi connectivity index (χ2n) is 2.49. The van der Waals surface area contributed by atoms with E-state index in [1.54, 1.807) is 0 Å². The molecule has 0 bridgehead atoms. The van der Waals surface area contributed by atoms with Crippen LogP contribution in [0, 0.1) is 11.3 Å². The Morgan fingerprint density at radius 3 is 2.71 bits per heavy atom. The van der Waals surface area contributed by atoms with E-state index in [9.17, 15) is 13.6 Å². The number of halogens is 2. The highest BCUT2D eigenvalue weighted by molar-refractivity contribution is 5.33. The molecule has 74 valence electrons. The topological polar surface area (TPSA) is 76.9 Å². The van der Waals surface area contributed by atoms with Crippen molar-refractivity contribution < 1.29 is 13.9 Å². The van der Waals surface area contributed by atoms with Crippen molar-refractivity contribution in [3.63, 3.8) is 0 Å². The fraction of sp³-hybridized carbons (Fsp3) is 0.250. The van der Waals surface area contributed by atoms with Crippen molar-refractivity contribution >= 4 is 0 Å². The molecule has 1 rings (SSSR count). The van der Waals surface area contributed by atoms with E-state index in [0.29, 0.717) is 0 Å². The molecule has 0 atom stereocenters. The summed E-state index contributed by atoms with van der Waals surface area (Å²) in [6.07, 6.45) is -1.97. The Labute approximate surface area is 77.4 Å². The Kier molecular flexibility index (Phi) is 2.94. The smallest absolute Gasteiger partial charge is 0.278 e. The average molecular weight is 200 g/mol. The number of nitrogens with one attached hydrogen (secondary N) is 1. The Morgan fingerprint density at radius 1 is 1.64 bits per heavy atom. The normalized spacial score (nSPS) is 10.2. The van der Waals surface area contributed by atoms with Crippen LogP contribution >= 0.6 is 0 Å². The lowest BCUT2D eigenvalue weighted by Crippen LogP contribution is -2.17. The zero-order valence-electron chi connectivity index (χ0n) is 6.92. The number of hydrogen-bond acceptors (Lipinski definition) is 3. The summed E-state index contributed by atoms with van der Waals surface area (Å²) in [5.41, 5.74) is -2.25. The quantitative estimate of drug-likeness (QED) is 0.736. The highest BCUT2D eigenvalue weighted by Gasteiger charge is 2.17. The van der Waals surface area contributed by atoms with Crippen LogP contribution in [0.1, 0.15) is 23.2 Å². The number of nitriles is 1. The predicted molar refractivity (Wildman–Crippen MR) is 42.7 cm³/mol. The summed E-state index contributed by atoms with van der Waals surface area (Å²) in [5, 5.41) is 17.1. The van der Waals surface area contributed by atoms with Crippen LogP contribution in [0.4, 0.5) is 8.78 Å². The van der Waals surface area contributed by atoms with Gasteiger partial charge >= 0.3 is 0 Å². The number of hydrogen-bond donors (Lipinski definition) is 2. The van der Waals surface area contributed by atoms with Gasteiger partial charge in [0.2, 0.25) is 5.43 Å². The van der Waals surface area contributed by atoms with Crippen LogP contribution in [0.15, 0.2) is 11.0 Å². The summed E-state index contributed by atoms with van der Waals surface area (Å²) in [5.74, 6) is 0. The van der Waals surface area contributed by atoms with Gasteiger partial charge in [-0.2, -0.15) is 5.26 Å². The van der Waals surface area contributed by atoms with Gasteiger partial charge in [-0.25, -0.2) is 8.78 Å². The van der Waals surface area contributed by atoms with Gasteiger partial charge < -0.3 is 10.1 Å². The Morgan fingerprint density at radius 2 is 2.29 bits per heavy atom. The van der Waals surface area contributed by atoms with Crippen LogP contribution in [-0.2, 0) is 6.61 Å². The van der Waals surface area contributed by atoms with Gasteiger partial charge in [0, 0.05) is 6.20 Å². The summed E-state index contributed by atoms with van der Waals surface area (Å²) in [7, 11) is 0. The molecule has 0 aromatic carbocycles. The molecule has 0 aliphatic rings. The van der Waals surface area contributed by atoms with Crippen LogP contribution < -0.4 is 5.43 Å². The summed E-state index contributed by atoms with van der Waals surface area (Å²) in [6.45, 7) is -0.815. The molecule has 14 heavy (non-hydrogen) atoms. The van der Waals surface area contributed by atoms with Crippen LogP contribution in [0.2, 0.25) is 0 Å². The van der Waals surface area contributed by atoms with Crippen molar-refractivity contribution in [2.45, 2.75) is 13.0 Å². The third kappa shape index (κ3) is 1.63. The summed E-state index contributed by atoms with van der Waals surface area (Å²) >= 11 is 0. The van der Waals surface area contributed by atoms with Gasteiger partial charge in [0.15, 0.2) is 0 Å². The largest absolute Gasteiger partial charge is 0.391 e. The molecule has 0 radical (unpaired) electrons. The number of alkyl halides is 2. The fourth-order valence-electron chi connectivity index (χ4n) is 1.02. The molecule has 1 heterocycles. The van der Waals surface area contributed by atoms with Gasteiger partial charge in [-0.05, 0) is 0 Å². The zero-order chi connectivity index (χ0) is 10.7. The van der Waals surface area contributed by atoms with Crippen molar-refractivity contribution in [3.05, 3.63) is 33.2 Å². The number of aromatic amines is 1. The lowest BCUT2D eigenvalue weighted by Gasteiger charge is -2.05. The Balaban J connectivity index is 3.46. The van der Waals surface area contributed by atoms with E-state index in [1.807, 2.05) is 0 Å². The van der Waals surface area contributed by atoms with E-state index in [4.69, 9.17) is 10.4 Å². The Bertz CT molecular complexity index is 434. The molecular weight excluding hydrogens is 194 g/mol. The average Bonchev–Trinajstić information content (AvgIpc) is 2.17. The molecule has 0 saturated heterocycles. The first-order chi connectivity index (χ1) is 6.61. The number of H-pyrrole nitrogens is 1. The van der Waals surface area contributed by atoms with E-state index in [2.05, 4.69) is 4.98 Å². The molecule has 0 aliphatic carbocycles. The third-order valence-electron chi connectivity index (χ3n) is 1.71. The molecule has 0 aliphatic heterocycles. The van der Waals surface area contributed by atoms with Gasteiger partial charge in [-0.15, -0.1) is 0 Å². The second-order valence-corrected chi connectivity index (χ2v) is 2.49. The predicted octanol–water partition coefficient (Wildman–Crippen LogP) is 0.676. The standard InChI is InChI=1S/C8H6F2N2O2/c9-8(10)6-5(3-13)7(14)4(1-11)2-12-6/h2,8,13H,3H2,(H,12,14). The van der Waals surface area contributed by atoms with E-state index >= 15 is 0 Å². The molecule has 1 aromatic rings. The second kappa shape index (κ2) is 3.98. The van der Waals surface area contributed by atoms with E-state index < -0.39 is 29.7 Å². The molecule has 0 saturated carbocycles. The first-order valence-corrected chi connectivity index (χ1v) is 3.65. The lowest BCUT2D eigenvalue weighted by molar-refractivity contribution is 0.141. The first kappa shape index (κ1) is 10.3. The zero-order valence-corrected chi connectivity index (χ0v) is 6.92. The van der Waals surface area contributed by atoms with Gasteiger partial charge in [0.05, 0.1) is 17.9 Å². The lowest BCUT2D eigenvalue weighted by atomic mass is 10.1. The van der Waals surface area contributed by atoms with Crippen molar-refractivity contribution in [1.29, 1.82) is 5.26 Å². The van der Waals surface area contributed by atoms with Crippen LogP contribution in [0.3, 0.4) is 0 Å². The SMILES string of the molecule is N#Cc1c[nH]c(C(F)F)c(CO)c1=O. The molecule has 0 fully saturated rings. The highest BCUT2D eigenvalue weighted by atomic mass is 19.3. The minimum atomic E-state index is -2.88. The van der Waals surface area contributed by atoms with Crippen molar-refractivity contribution in [3.8, 4) is 6.07 Å². The summed E-state index contributed by atoms with van der Waals surface area (Å²) in [6, 6.07) is 1.54. The van der Waals surface area contributed by atoms with Gasteiger partial charge in [0.25, 0.3) is 6.43 Å². The molecule has 2 N–H and O–H groups in total. The summed E-state index contributed by atoms with van der Waals surface area (Å²) < 4.78 is 24.5. The monoisotopic (exact) mass is 200 g/mol. The number of aliphatic hydroxyl groups is 1. The van der Waals surface area contributed by atoms with E-state index in [1.165, 1.54) is 6.07 Å². The number of aliphatic hydroxyl groups excluding tert-OH is 1. The molecule has 4 nitrogen and oxygen atoms in total. The van der Waals surface area contributed by atoms with Crippen LogP contribution in [0.5, 0.6) is 0 Å². The van der Waals surface area contributed by atoms with Gasteiger partial charge in [-0.3, -0.25) is 4.79 Å². The molecule has 6 heteroatoms.